The summed E-state index contributed by atoms with van der Waals surface area (Å²) in [6, 6.07) is 19.7. The molecule has 0 spiro atoms. The number of carbonyl (C=O) groups excluding carboxylic acids is 1. The topological polar surface area (TPSA) is 110 Å². The van der Waals surface area contributed by atoms with Crippen molar-refractivity contribution in [3.8, 4) is 28.7 Å². The quantitative estimate of drug-likeness (QED) is 0.354. The molecule has 2 aliphatic rings. The predicted molar refractivity (Wildman–Crippen MR) is 145 cm³/mol. The molecule has 8 heteroatoms. The van der Waals surface area contributed by atoms with Crippen LogP contribution in [0.2, 0.25) is 0 Å². The number of fused-ring (bicyclic) bond motifs is 1. The van der Waals surface area contributed by atoms with Gasteiger partial charge in [0, 0.05) is 36.8 Å². The number of allylic oxidation sites excluding steroid dienone is 2. The number of ether oxygens (including phenoxy) is 1. The zero-order valence-electron chi connectivity index (χ0n) is 20.9. The van der Waals surface area contributed by atoms with Gasteiger partial charge in [0.15, 0.2) is 0 Å². The fraction of sp³-hybridized carbons (Fsp3) is 0.267. The zero-order valence-corrected chi connectivity index (χ0v) is 20.9. The van der Waals surface area contributed by atoms with E-state index in [2.05, 4.69) is 20.7 Å². The number of aromatic nitrogens is 3. The van der Waals surface area contributed by atoms with Crippen molar-refractivity contribution in [2.24, 2.45) is 11.8 Å². The lowest BCUT2D eigenvalue weighted by Gasteiger charge is -2.34. The summed E-state index contributed by atoms with van der Waals surface area (Å²) in [7, 11) is 0. The molecule has 2 N–H and O–H groups in total. The Morgan fingerprint density at radius 3 is 2.68 bits per heavy atom. The highest BCUT2D eigenvalue weighted by Crippen LogP contribution is 2.42. The van der Waals surface area contributed by atoms with E-state index in [4.69, 9.17) is 15.7 Å². The van der Waals surface area contributed by atoms with Crippen molar-refractivity contribution in [1.82, 2.24) is 19.4 Å². The van der Waals surface area contributed by atoms with Gasteiger partial charge < -0.3 is 19.9 Å². The molecule has 2 aromatic heterocycles. The largest absolute Gasteiger partial charge is 0.457 e. The smallest absolute Gasteiger partial charge is 0.226 e. The molecular weight excluding hydrogens is 476 g/mol. The standard InChI is InChI=1S/C30H28N6O2/c31-14-4-6-21-16-25(21)30(37)35-15-5-7-22(17-35)36-18-26(27-28(32)33-19-34-29(27)36)20-10-12-24(13-11-20)38-23-8-2-1-3-9-23/h1-4,6,8-13,18-19,21-22,25H,5,7,15-17H2,(H2,32,33,34)/t21?,22?,25-/m0/s1. The Balaban J connectivity index is 1.27. The summed E-state index contributed by atoms with van der Waals surface area (Å²) >= 11 is 0. The number of nitrogens with two attached hydrogens (primary N) is 1. The first-order chi connectivity index (χ1) is 18.6. The monoisotopic (exact) mass is 504 g/mol. The van der Waals surface area contributed by atoms with Crippen LogP contribution in [0.5, 0.6) is 11.5 Å². The first-order valence-corrected chi connectivity index (χ1v) is 12.9. The number of amides is 1. The molecule has 2 unspecified atom stereocenters. The average Bonchev–Trinajstić information content (AvgIpc) is 3.63. The number of carbonyl (C=O) groups is 1. The molecule has 1 saturated carbocycles. The minimum atomic E-state index is -0.00935. The third kappa shape index (κ3) is 4.59. The van der Waals surface area contributed by atoms with Crippen LogP contribution in [0.4, 0.5) is 5.82 Å². The second-order valence-electron chi connectivity index (χ2n) is 9.92. The fourth-order valence-corrected chi connectivity index (χ4v) is 5.43. The highest BCUT2D eigenvalue weighted by atomic mass is 16.5. The lowest BCUT2D eigenvalue weighted by atomic mass is 10.0. The van der Waals surface area contributed by atoms with Crippen LogP contribution in [0, 0.1) is 23.2 Å². The number of hydrogen-bond acceptors (Lipinski definition) is 6. The van der Waals surface area contributed by atoms with Gasteiger partial charge in [-0.1, -0.05) is 36.4 Å². The van der Waals surface area contributed by atoms with Gasteiger partial charge in [-0.15, -0.1) is 0 Å². The zero-order chi connectivity index (χ0) is 26.1. The maximum Gasteiger partial charge on any atom is 0.226 e. The number of piperidine rings is 1. The summed E-state index contributed by atoms with van der Waals surface area (Å²) in [5.74, 6) is 2.32. The molecule has 3 heterocycles. The van der Waals surface area contributed by atoms with E-state index in [0.717, 1.165) is 59.5 Å². The first-order valence-electron chi connectivity index (χ1n) is 12.9. The summed E-state index contributed by atoms with van der Waals surface area (Å²) in [6.07, 6.45) is 9.61. The second kappa shape index (κ2) is 10.0. The number of nitrogens with zero attached hydrogens (tertiary/aromatic N) is 5. The van der Waals surface area contributed by atoms with Crippen molar-refractivity contribution < 1.29 is 9.53 Å². The van der Waals surface area contributed by atoms with Crippen LogP contribution >= 0.6 is 0 Å². The van der Waals surface area contributed by atoms with Crippen LogP contribution in [0.3, 0.4) is 0 Å². The van der Waals surface area contributed by atoms with Gasteiger partial charge >= 0.3 is 0 Å². The summed E-state index contributed by atoms with van der Waals surface area (Å²) < 4.78 is 8.12. The number of nitrogen functional groups attached to an aromatic ring is 1. The molecule has 1 amide bonds. The normalized spacial score (nSPS) is 20.9. The van der Waals surface area contributed by atoms with E-state index < -0.39 is 0 Å². The van der Waals surface area contributed by atoms with Crippen LogP contribution < -0.4 is 10.5 Å². The maximum absolute atomic E-state index is 13.2. The number of hydrogen-bond donors (Lipinski definition) is 1. The van der Waals surface area contributed by atoms with Gasteiger partial charge in [-0.25, -0.2) is 9.97 Å². The highest BCUT2D eigenvalue weighted by Gasteiger charge is 2.44. The number of nitriles is 1. The Morgan fingerprint density at radius 2 is 1.89 bits per heavy atom. The van der Waals surface area contributed by atoms with Crippen molar-refractivity contribution in [2.75, 3.05) is 18.8 Å². The van der Waals surface area contributed by atoms with Gasteiger partial charge in [-0.2, -0.15) is 5.26 Å². The molecule has 0 bridgehead atoms. The Labute approximate surface area is 221 Å². The van der Waals surface area contributed by atoms with Gasteiger partial charge in [0.05, 0.1) is 17.5 Å². The highest BCUT2D eigenvalue weighted by molar-refractivity contribution is 6.00. The number of rotatable bonds is 6. The van der Waals surface area contributed by atoms with Crippen molar-refractivity contribution in [3.05, 3.63) is 79.3 Å². The average molecular weight is 505 g/mol. The van der Waals surface area contributed by atoms with E-state index in [1.54, 1.807) is 0 Å². The molecule has 1 aliphatic heterocycles. The van der Waals surface area contributed by atoms with Crippen molar-refractivity contribution in [3.63, 3.8) is 0 Å². The number of likely N-dealkylation sites (tertiary alicyclic amines) is 1. The molecule has 1 aliphatic carbocycles. The minimum absolute atomic E-state index is 0.00935. The Morgan fingerprint density at radius 1 is 1.11 bits per heavy atom. The van der Waals surface area contributed by atoms with Crippen molar-refractivity contribution in [1.29, 1.82) is 5.26 Å². The van der Waals surface area contributed by atoms with Crippen molar-refractivity contribution >= 4 is 22.8 Å². The minimum Gasteiger partial charge on any atom is -0.457 e. The van der Waals surface area contributed by atoms with Gasteiger partial charge in [-0.3, -0.25) is 4.79 Å². The van der Waals surface area contributed by atoms with E-state index >= 15 is 0 Å². The van der Waals surface area contributed by atoms with Gasteiger partial charge in [0.1, 0.15) is 29.3 Å². The van der Waals surface area contributed by atoms with Crippen LogP contribution in [0.25, 0.3) is 22.2 Å². The molecular formula is C30H28N6O2. The predicted octanol–water partition coefficient (Wildman–Crippen LogP) is 5.35. The van der Waals surface area contributed by atoms with E-state index in [-0.39, 0.29) is 23.8 Å². The molecule has 0 radical (unpaired) electrons. The lowest BCUT2D eigenvalue weighted by Crippen LogP contribution is -2.41. The van der Waals surface area contributed by atoms with Crippen LogP contribution in [0.1, 0.15) is 25.3 Å². The molecule has 8 nitrogen and oxygen atoms in total. The molecule has 6 rings (SSSR count). The third-order valence-corrected chi connectivity index (χ3v) is 7.46. The fourth-order valence-electron chi connectivity index (χ4n) is 5.43. The number of para-hydroxylation sites is 1. The Kier molecular flexibility index (Phi) is 6.26. The van der Waals surface area contributed by atoms with Gasteiger partial charge in [0.25, 0.3) is 0 Å². The third-order valence-electron chi connectivity index (χ3n) is 7.46. The maximum atomic E-state index is 13.2. The van der Waals surface area contributed by atoms with Crippen LogP contribution in [-0.2, 0) is 4.79 Å². The summed E-state index contributed by atoms with van der Waals surface area (Å²) in [5, 5.41) is 9.60. The molecule has 1 saturated heterocycles. The van der Waals surface area contributed by atoms with Crippen LogP contribution in [0.15, 0.2) is 79.3 Å². The second-order valence-corrected chi connectivity index (χ2v) is 9.92. The Hall–Kier alpha value is -4.64. The molecule has 3 atom stereocenters. The SMILES string of the molecule is N#CC=CC1C[C@@H]1C(=O)N1CCCC(n2cc(-c3ccc(Oc4ccccc4)cc3)c3c(N)ncnc32)C1. The number of benzene rings is 2. The summed E-state index contributed by atoms with van der Waals surface area (Å²) in [5.41, 5.74) is 9.09. The molecule has 2 aromatic carbocycles. The van der Waals surface area contributed by atoms with Crippen molar-refractivity contribution in [2.45, 2.75) is 25.3 Å². The van der Waals surface area contributed by atoms with Crippen LogP contribution in [-0.4, -0.2) is 38.4 Å². The van der Waals surface area contributed by atoms with E-state index in [1.807, 2.05) is 71.6 Å². The van der Waals surface area contributed by atoms with Gasteiger partial charge in [0.2, 0.25) is 5.91 Å². The molecule has 4 aromatic rings. The lowest BCUT2D eigenvalue weighted by molar-refractivity contribution is -0.134. The Bertz CT molecular complexity index is 1540. The summed E-state index contributed by atoms with van der Waals surface area (Å²) in [6.45, 7) is 1.38. The molecule has 190 valence electrons. The number of anilines is 1. The summed E-state index contributed by atoms with van der Waals surface area (Å²) in [4.78, 5) is 24.0. The van der Waals surface area contributed by atoms with E-state index in [1.165, 1.54) is 12.4 Å². The van der Waals surface area contributed by atoms with Gasteiger partial charge in [-0.05, 0) is 55.0 Å². The van der Waals surface area contributed by atoms with E-state index in [9.17, 15) is 4.79 Å². The van der Waals surface area contributed by atoms with E-state index in [0.29, 0.717) is 12.4 Å². The molecule has 38 heavy (non-hydrogen) atoms. The first kappa shape index (κ1) is 23.7. The molecule has 2 fully saturated rings.